The van der Waals surface area contributed by atoms with E-state index in [9.17, 15) is 13.5 Å². The molecule has 0 saturated carbocycles. The molecule has 0 bridgehead atoms. The van der Waals surface area contributed by atoms with Crippen LogP contribution < -0.4 is 10.5 Å². The average molecular weight is 370 g/mol. The molecule has 0 fully saturated rings. The molecule has 0 aliphatic carbocycles. The van der Waals surface area contributed by atoms with E-state index in [0.29, 0.717) is 18.1 Å². The minimum absolute atomic E-state index is 0.0413. The van der Waals surface area contributed by atoms with Crippen LogP contribution in [0.4, 0.5) is 5.82 Å². The molecule has 26 heavy (non-hydrogen) atoms. The van der Waals surface area contributed by atoms with Gasteiger partial charge in [0.2, 0.25) is 10.0 Å². The summed E-state index contributed by atoms with van der Waals surface area (Å²) in [7, 11) is -3.73. The summed E-state index contributed by atoms with van der Waals surface area (Å²) >= 11 is 0. The molecule has 7 nitrogen and oxygen atoms in total. The van der Waals surface area contributed by atoms with Crippen molar-refractivity contribution in [3.05, 3.63) is 72.6 Å². The number of hydrogen-bond donors (Lipinski definition) is 3. The molecule has 134 valence electrons. The van der Waals surface area contributed by atoms with E-state index in [1.165, 1.54) is 18.5 Å². The first kappa shape index (κ1) is 18.0. The van der Waals surface area contributed by atoms with Gasteiger partial charge in [0.1, 0.15) is 12.1 Å². The molecule has 1 aromatic heterocycles. The number of nitrogens with two attached hydrogens (primary N) is 1. The highest BCUT2D eigenvalue weighted by atomic mass is 32.2. The first-order valence-electron chi connectivity index (χ1n) is 7.85. The van der Waals surface area contributed by atoms with E-state index in [1.54, 1.807) is 18.2 Å². The maximum absolute atomic E-state index is 11.3. The highest BCUT2D eigenvalue weighted by Crippen LogP contribution is 2.21. The topological polar surface area (TPSA) is 118 Å². The summed E-state index contributed by atoms with van der Waals surface area (Å²) in [5.41, 5.74) is 2.16. The maximum Gasteiger partial charge on any atom is 0.238 e. The van der Waals surface area contributed by atoms with Crippen molar-refractivity contribution in [3.8, 4) is 11.3 Å². The summed E-state index contributed by atoms with van der Waals surface area (Å²) in [5.74, 6) is 0.556. The summed E-state index contributed by atoms with van der Waals surface area (Å²) in [6, 6.07) is 17.2. The van der Waals surface area contributed by atoms with Crippen molar-refractivity contribution in [2.24, 2.45) is 5.14 Å². The van der Waals surface area contributed by atoms with Crippen LogP contribution in [0.5, 0.6) is 0 Å². The Labute approximate surface area is 151 Å². The van der Waals surface area contributed by atoms with Crippen LogP contribution in [0.2, 0.25) is 0 Å². The summed E-state index contributed by atoms with van der Waals surface area (Å²) in [5, 5.41) is 18.4. The van der Waals surface area contributed by atoms with Gasteiger partial charge in [0.05, 0.1) is 16.7 Å². The van der Waals surface area contributed by atoms with Crippen LogP contribution in [0, 0.1) is 0 Å². The normalized spacial score (nSPS) is 12.5. The van der Waals surface area contributed by atoms with Crippen LogP contribution in [-0.4, -0.2) is 30.0 Å². The fraction of sp³-hybridized carbons (Fsp3) is 0.111. The second kappa shape index (κ2) is 7.61. The van der Waals surface area contributed by atoms with Crippen LogP contribution in [0.3, 0.4) is 0 Å². The molecule has 4 N–H and O–H groups in total. The number of aromatic nitrogens is 2. The highest BCUT2D eigenvalue weighted by Gasteiger charge is 2.10. The van der Waals surface area contributed by atoms with Crippen LogP contribution in [0.25, 0.3) is 11.3 Å². The SMILES string of the molecule is NS(=O)(=O)c1ccc(-c2cc(NCC(O)c3ccccc3)ncn2)cc1. The van der Waals surface area contributed by atoms with E-state index in [2.05, 4.69) is 15.3 Å². The smallest absolute Gasteiger partial charge is 0.238 e. The molecule has 0 spiro atoms. The van der Waals surface area contributed by atoms with E-state index < -0.39 is 16.1 Å². The van der Waals surface area contributed by atoms with Crippen molar-refractivity contribution in [1.82, 2.24) is 9.97 Å². The zero-order chi connectivity index (χ0) is 18.6. The zero-order valence-corrected chi connectivity index (χ0v) is 14.6. The fourth-order valence-corrected chi connectivity index (χ4v) is 2.94. The molecule has 0 aliphatic heterocycles. The van der Waals surface area contributed by atoms with Gasteiger partial charge in [-0.05, 0) is 17.7 Å². The van der Waals surface area contributed by atoms with Crippen molar-refractivity contribution >= 4 is 15.8 Å². The Morgan fingerprint density at radius 3 is 2.38 bits per heavy atom. The predicted octanol–water partition coefficient (Wildman–Crippen LogP) is 1.94. The Hall–Kier alpha value is -2.81. The van der Waals surface area contributed by atoms with Crippen LogP contribution >= 0.6 is 0 Å². The molecule has 1 heterocycles. The van der Waals surface area contributed by atoms with Gasteiger partial charge in [-0.3, -0.25) is 0 Å². The monoisotopic (exact) mass is 370 g/mol. The third-order valence-corrected chi connectivity index (χ3v) is 4.74. The van der Waals surface area contributed by atoms with Gasteiger partial charge in [0, 0.05) is 18.2 Å². The van der Waals surface area contributed by atoms with Crippen LogP contribution in [0.15, 0.2) is 71.9 Å². The van der Waals surface area contributed by atoms with Crippen molar-refractivity contribution in [2.75, 3.05) is 11.9 Å². The lowest BCUT2D eigenvalue weighted by Crippen LogP contribution is -2.13. The standard InChI is InChI=1S/C18H18N4O3S/c19-26(24,25)15-8-6-13(7-9-15)16-10-18(22-12-21-16)20-11-17(23)14-4-2-1-3-5-14/h1-10,12,17,23H,11H2,(H2,19,24,25)(H,20,21,22). The quantitative estimate of drug-likeness (QED) is 0.610. The molecule has 0 saturated heterocycles. The number of nitrogens with zero attached hydrogens (tertiary/aromatic N) is 2. The molecule has 2 aromatic carbocycles. The van der Waals surface area contributed by atoms with Gasteiger partial charge in [-0.15, -0.1) is 0 Å². The maximum atomic E-state index is 11.3. The van der Waals surface area contributed by atoms with E-state index in [1.807, 2.05) is 30.3 Å². The number of hydrogen-bond acceptors (Lipinski definition) is 6. The van der Waals surface area contributed by atoms with E-state index >= 15 is 0 Å². The number of benzene rings is 2. The molecule has 3 rings (SSSR count). The van der Waals surface area contributed by atoms with Gasteiger partial charge < -0.3 is 10.4 Å². The molecule has 0 amide bonds. The minimum Gasteiger partial charge on any atom is -0.387 e. The predicted molar refractivity (Wildman–Crippen MR) is 98.7 cm³/mol. The molecule has 3 aromatic rings. The number of aliphatic hydroxyl groups is 1. The Morgan fingerprint density at radius 2 is 1.73 bits per heavy atom. The highest BCUT2D eigenvalue weighted by molar-refractivity contribution is 7.89. The van der Waals surface area contributed by atoms with Gasteiger partial charge >= 0.3 is 0 Å². The molecule has 1 atom stereocenters. The first-order chi connectivity index (χ1) is 12.4. The lowest BCUT2D eigenvalue weighted by molar-refractivity contribution is 0.191. The number of aliphatic hydroxyl groups excluding tert-OH is 1. The Balaban J connectivity index is 1.72. The van der Waals surface area contributed by atoms with Gasteiger partial charge in [-0.1, -0.05) is 42.5 Å². The second-order valence-corrected chi connectivity index (χ2v) is 7.23. The zero-order valence-electron chi connectivity index (χ0n) is 13.8. The van der Waals surface area contributed by atoms with E-state index in [-0.39, 0.29) is 4.90 Å². The summed E-state index contributed by atoms with van der Waals surface area (Å²) in [4.78, 5) is 8.37. The number of sulfonamides is 1. The van der Waals surface area contributed by atoms with Crippen molar-refractivity contribution in [2.45, 2.75) is 11.0 Å². The first-order valence-corrected chi connectivity index (χ1v) is 9.40. The molecule has 8 heteroatoms. The third-order valence-electron chi connectivity index (χ3n) is 3.81. The molecular formula is C18H18N4O3S. The summed E-state index contributed by atoms with van der Waals surface area (Å²) < 4.78 is 22.6. The Bertz CT molecular complexity index is 977. The molecule has 1 unspecified atom stereocenters. The largest absolute Gasteiger partial charge is 0.387 e. The van der Waals surface area contributed by atoms with Crippen molar-refractivity contribution < 1.29 is 13.5 Å². The van der Waals surface area contributed by atoms with Crippen LogP contribution in [-0.2, 0) is 10.0 Å². The van der Waals surface area contributed by atoms with Gasteiger partial charge in [-0.2, -0.15) is 0 Å². The summed E-state index contributed by atoms with van der Waals surface area (Å²) in [6.45, 7) is 0.296. The van der Waals surface area contributed by atoms with Crippen molar-refractivity contribution in [1.29, 1.82) is 0 Å². The lowest BCUT2D eigenvalue weighted by Gasteiger charge is -2.13. The number of nitrogens with one attached hydrogen (secondary N) is 1. The van der Waals surface area contributed by atoms with Gasteiger partial charge in [0.25, 0.3) is 0 Å². The lowest BCUT2D eigenvalue weighted by atomic mass is 10.1. The minimum atomic E-state index is -3.73. The van der Waals surface area contributed by atoms with Crippen LogP contribution in [0.1, 0.15) is 11.7 Å². The average Bonchev–Trinajstić information content (AvgIpc) is 2.66. The van der Waals surface area contributed by atoms with Gasteiger partial charge in [0.15, 0.2) is 0 Å². The molecule has 0 aliphatic rings. The molecule has 0 radical (unpaired) electrons. The number of anilines is 1. The molecular weight excluding hydrogens is 352 g/mol. The number of rotatable bonds is 6. The van der Waals surface area contributed by atoms with Gasteiger partial charge in [-0.25, -0.2) is 23.5 Å². The Morgan fingerprint density at radius 1 is 1.04 bits per heavy atom. The fourth-order valence-electron chi connectivity index (χ4n) is 2.42. The van der Waals surface area contributed by atoms with E-state index in [0.717, 1.165) is 11.1 Å². The van der Waals surface area contributed by atoms with Crippen molar-refractivity contribution in [3.63, 3.8) is 0 Å². The van der Waals surface area contributed by atoms with E-state index in [4.69, 9.17) is 5.14 Å². The Kier molecular flexibility index (Phi) is 5.27. The second-order valence-electron chi connectivity index (χ2n) is 5.67. The third kappa shape index (κ3) is 4.42. The number of primary sulfonamides is 1. The summed E-state index contributed by atoms with van der Waals surface area (Å²) in [6.07, 6.45) is 0.740.